The van der Waals surface area contributed by atoms with Crippen molar-refractivity contribution in [2.24, 2.45) is 7.05 Å². The Morgan fingerprint density at radius 2 is 1.93 bits per heavy atom. The molecule has 0 amide bonds. The van der Waals surface area contributed by atoms with Gasteiger partial charge in [-0.25, -0.2) is 4.98 Å². The van der Waals surface area contributed by atoms with Gasteiger partial charge in [-0.1, -0.05) is 19.9 Å². The van der Waals surface area contributed by atoms with Gasteiger partial charge in [-0.2, -0.15) is 18.3 Å². The molecule has 30 heavy (non-hydrogen) atoms. The average Bonchev–Trinajstić information content (AvgIpc) is 3.04. The Kier molecular flexibility index (Phi) is 7.19. The number of anilines is 1. The molecule has 1 N–H and O–H groups in total. The molecule has 0 aromatic carbocycles. The van der Waals surface area contributed by atoms with E-state index in [2.05, 4.69) is 33.8 Å². The number of aromatic nitrogens is 3. The number of pyridine rings is 1. The molecule has 1 saturated heterocycles. The summed E-state index contributed by atoms with van der Waals surface area (Å²) in [5.41, 5.74) is 3.07. The fourth-order valence-corrected chi connectivity index (χ4v) is 3.47. The van der Waals surface area contributed by atoms with E-state index in [1.165, 1.54) is 12.3 Å². The first-order chi connectivity index (χ1) is 14.2. The van der Waals surface area contributed by atoms with Crippen LogP contribution in [0.25, 0.3) is 0 Å². The maximum atomic E-state index is 12.2. The van der Waals surface area contributed by atoms with Gasteiger partial charge in [-0.15, -0.1) is 0 Å². The number of nitrogens with one attached hydrogen (secondary N) is 1. The summed E-state index contributed by atoms with van der Waals surface area (Å²) >= 11 is 0. The van der Waals surface area contributed by atoms with Crippen molar-refractivity contribution in [1.29, 1.82) is 0 Å². The first kappa shape index (κ1) is 22.4. The van der Waals surface area contributed by atoms with Crippen LogP contribution in [0.15, 0.2) is 18.3 Å². The first-order valence-corrected chi connectivity index (χ1v) is 9.98. The van der Waals surface area contributed by atoms with Crippen LogP contribution in [-0.4, -0.2) is 53.9 Å². The number of morpholine rings is 1. The van der Waals surface area contributed by atoms with Crippen LogP contribution in [0.1, 0.15) is 36.6 Å². The number of rotatable bonds is 8. The van der Waals surface area contributed by atoms with Crippen LogP contribution in [0, 0.1) is 0 Å². The van der Waals surface area contributed by atoms with Gasteiger partial charge < -0.3 is 19.7 Å². The highest BCUT2D eigenvalue weighted by Crippen LogP contribution is 2.29. The zero-order valence-electron chi connectivity index (χ0n) is 17.5. The van der Waals surface area contributed by atoms with Crippen molar-refractivity contribution in [3.63, 3.8) is 0 Å². The van der Waals surface area contributed by atoms with Gasteiger partial charge in [-0.3, -0.25) is 4.68 Å². The minimum absolute atomic E-state index is 0.0416. The lowest BCUT2D eigenvalue weighted by molar-refractivity contribution is -0.154. The van der Waals surface area contributed by atoms with E-state index >= 15 is 0 Å². The Morgan fingerprint density at radius 3 is 2.53 bits per heavy atom. The Labute approximate surface area is 174 Å². The second kappa shape index (κ2) is 9.65. The van der Waals surface area contributed by atoms with E-state index in [0.29, 0.717) is 26.3 Å². The van der Waals surface area contributed by atoms with E-state index in [-0.39, 0.29) is 11.8 Å². The molecule has 2 aromatic heterocycles. The van der Waals surface area contributed by atoms with Crippen molar-refractivity contribution >= 4 is 5.82 Å². The zero-order chi connectivity index (χ0) is 21.7. The molecule has 0 aliphatic carbocycles. The van der Waals surface area contributed by atoms with Crippen molar-refractivity contribution in [3.8, 4) is 5.88 Å². The molecular formula is C20H28F3N5O2. The summed E-state index contributed by atoms with van der Waals surface area (Å²) in [7, 11) is 1.96. The van der Waals surface area contributed by atoms with Gasteiger partial charge in [0.05, 0.1) is 18.9 Å². The molecule has 7 nitrogen and oxygen atoms in total. The molecular weight excluding hydrogens is 399 g/mol. The minimum Gasteiger partial charge on any atom is -0.468 e. The topological polar surface area (TPSA) is 64.4 Å². The number of halogens is 3. The van der Waals surface area contributed by atoms with E-state index in [1.54, 1.807) is 6.07 Å². The third kappa shape index (κ3) is 5.85. The van der Waals surface area contributed by atoms with E-state index in [0.717, 1.165) is 35.7 Å². The smallest absolute Gasteiger partial charge is 0.422 e. The van der Waals surface area contributed by atoms with Crippen molar-refractivity contribution in [1.82, 2.24) is 20.1 Å². The van der Waals surface area contributed by atoms with Crippen molar-refractivity contribution in [2.45, 2.75) is 39.0 Å². The number of ether oxygens (including phenoxy) is 2. The molecule has 1 aliphatic heterocycles. The van der Waals surface area contributed by atoms with Gasteiger partial charge in [0.25, 0.3) is 0 Å². The summed E-state index contributed by atoms with van der Waals surface area (Å²) in [4.78, 5) is 6.25. The predicted octanol–water partition coefficient (Wildman–Crippen LogP) is 3.01. The van der Waals surface area contributed by atoms with Crippen molar-refractivity contribution in [2.75, 3.05) is 37.8 Å². The van der Waals surface area contributed by atoms with E-state index < -0.39 is 12.8 Å². The highest BCUT2D eigenvalue weighted by Gasteiger charge is 2.28. The molecule has 10 heteroatoms. The fourth-order valence-electron chi connectivity index (χ4n) is 3.47. The fraction of sp³-hybridized carbons (Fsp3) is 0.600. The highest BCUT2D eigenvalue weighted by molar-refractivity contribution is 5.51. The predicted molar refractivity (Wildman–Crippen MR) is 107 cm³/mol. The third-order valence-corrected chi connectivity index (χ3v) is 4.81. The Balaban J connectivity index is 1.64. The molecule has 0 bridgehead atoms. The number of hydrogen-bond acceptors (Lipinski definition) is 6. The number of aryl methyl sites for hydroxylation is 1. The number of nitrogens with zero attached hydrogens (tertiary/aromatic N) is 4. The van der Waals surface area contributed by atoms with Crippen LogP contribution in [0.2, 0.25) is 0 Å². The molecule has 0 atom stereocenters. The van der Waals surface area contributed by atoms with Crippen LogP contribution in [0.5, 0.6) is 5.88 Å². The largest absolute Gasteiger partial charge is 0.468 e. The van der Waals surface area contributed by atoms with Gasteiger partial charge in [0, 0.05) is 51.1 Å². The summed E-state index contributed by atoms with van der Waals surface area (Å²) < 4.78 is 48.7. The number of hydrogen-bond donors (Lipinski definition) is 1. The maximum Gasteiger partial charge on any atom is 0.422 e. The molecule has 1 aliphatic rings. The normalized spacial score (nSPS) is 15.1. The average molecular weight is 427 g/mol. The van der Waals surface area contributed by atoms with Gasteiger partial charge in [0.15, 0.2) is 6.61 Å². The van der Waals surface area contributed by atoms with Crippen molar-refractivity contribution in [3.05, 3.63) is 35.2 Å². The molecule has 3 heterocycles. The Bertz CT molecular complexity index is 815. The van der Waals surface area contributed by atoms with Crippen LogP contribution in [0.3, 0.4) is 0 Å². The molecule has 1 fully saturated rings. The van der Waals surface area contributed by atoms with Gasteiger partial charge >= 0.3 is 6.18 Å². The zero-order valence-corrected chi connectivity index (χ0v) is 17.5. The summed E-state index contributed by atoms with van der Waals surface area (Å²) in [5, 5.41) is 8.15. The van der Waals surface area contributed by atoms with Crippen LogP contribution >= 0.6 is 0 Å². The summed E-state index contributed by atoms with van der Waals surface area (Å²) in [6, 6.07) is 3.16. The Hall–Kier alpha value is -2.33. The van der Waals surface area contributed by atoms with E-state index in [9.17, 15) is 13.2 Å². The summed E-state index contributed by atoms with van der Waals surface area (Å²) in [6.45, 7) is 7.10. The standard InChI is InChI=1S/C20H28F3N5O2/c1-14(2)18-16(19(27(3)26-18)28-6-8-29-9-7-28)12-24-10-15-4-5-17(25-11-15)30-13-20(21,22)23/h4-5,11,14,24H,6-10,12-13H2,1-3H3. The van der Waals surface area contributed by atoms with Gasteiger partial charge in [0.1, 0.15) is 5.82 Å². The lowest BCUT2D eigenvalue weighted by Crippen LogP contribution is -2.38. The molecule has 0 saturated carbocycles. The van der Waals surface area contributed by atoms with Gasteiger partial charge in [0.2, 0.25) is 5.88 Å². The molecule has 0 spiro atoms. The molecule has 0 unspecified atom stereocenters. The molecule has 166 valence electrons. The summed E-state index contributed by atoms with van der Waals surface area (Å²) in [5.74, 6) is 1.35. The minimum atomic E-state index is -4.38. The van der Waals surface area contributed by atoms with Gasteiger partial charge in [-0.05, 0) is 11.5 Å². The second-order valence-corrected chi connectivity index (χ2v) is 7.58. The second-order valence-electron chi connectivity index (χ2n) is 7.58. The lowest BCUT2D eigenvalue weighted by atomic mass is 10.0. The van der Waals surface area contributed by atoms with Crippen LogP contribution < -0.4 is 15.0 Å². The molecule has 0 radical (unpaired) electrons. The van der Waals surface area contributed by atoms with Crippen LogP contribution in [-0.2, 0) is 24.9 Å². The molecule has 3 rings (SSSR count). The number of alkyl halides is 3. The SMILES string of the molecule is CC(C)c1nn(C)c(N2CCOCC2)c1CNCc1ccc(OCC(F)(F)F)nc1. The third-order valence-electron chi connectivity index (χ3n) is 4.81. The first-order valence-electron chi connectivity index (χ1n) is 9.98. The van der Waals surface area contributed by atoms with E-state index in [1.807, 2.05) is 11.7 Å². The quantitative estimate of drug-likeness (QED) is 0.699. The maximum absolute atomic E-state index is 12.2. The van der Waals surface area contributed by atoms with Crippen LogP contribution in [0.4, 0.5) is 19.0 Å². The lowest BCUT2D eigenvalue weighted by Gasteiger charge is -2.29. The van der Waals surface area contributed by atoms with E-state index in [4.69, 9.17) is 9.84 Å². The molecule has 2 aromatic rings. The Morgan fingerprint density at radius 1 is 1.20 bits per heavy atom. The summed E-state index contributed by atoms with van der Waals surface area (Å²) in [6.07, 6.45) is -2.86. The van der Waals surface area contributed by atoms with Crippen molar-refractivity contribution < 1.29 is 22.6 Å². The monoisotopic (exact) mass is 427 g/mol. The highest BCUT2D eigenvalue weighted by atomic mass is 19.4.